The Bertz CT molecular complexity index is 557. The molecule has 84 valence electrons. The molecule has 6 heteroatoms. The van der Waals surface area contributed by atoms with Crippen LogP contribution in [0.1, 0.15) is 0 Å². The first kappa shape index (κ1) is 10.8. The van der Waals surface area contributed by atoms with Gasteiger partial charge >= 0.3 is 0 Å². The summed E-state index contributed by atoms with van der Waals surface area (Å²) in [6, 6.07) is 5.10. The van der Waals surface area contributed by atoms with Crippen LogP contribution < -0.4 is 0 Å². The SMILES string of the molecule is C[Si](C)(C)n1ncc2c([N+](=O)[O-])cccc21. The molecular formula is C10H13N3O2Si. The molecule has 0 aliphatic heterocycles. The van der Waals surface area contributed by atoms with Gasteiger partial charge in [-0.05, 0) is 25.7 Å². The lowest BCUT2D eigenvalue weighted by atomic mass is 10.2. The van der Waals surface area contributed by atoms with Crippen LogP contribution in [0.5, 0.6) is 0 Å². The Labute approximate surface area is 93.9 Å². The Balaban J connectivity index is 2.76. The summed E-state index contributed by atoms with van der Waals surface area (Å²) in [7, 11) is -1.62. The van der Waals surface area contributed by atoms with Gasteiger partial charge in [-0.1, -0.05) is 6.07 Å². The fourth-order valence-corrected chi connectivity index (χ4v) is 3.05. The lowest BCUT2D eigenvalue weighted by Crippen LogP contribution is -2.32. The van der Waals surface area contributed by atoms with Gasteiger partial charge in [-0.3, -0.25) is 14.5 Å². The first-order valence-corrected chi connectivity index (χ1v) is 8.47. The summed E-state index contributed by atoms with van der Waals surface area (Å²) in [5, 5.41) is 15.8. The molecule has 1 heterocycles. The van der Waals surface area contributed by atoms with Crippen molar-refractivity contribution in [3.63, 3.8) is 0 Å². The highest BCUT2D eigenvalue weighted by Gasteiger charge is 2.22. The van der Waals surface area contributed by atoms with Crippen LogP contribution in [0.2, 0.25) is 19.6 Å². The second-order valence-electron chi connectivity index (χ2n) is 4.69. The highest BCUT2D eigenvalue weighted by Crippen LogP contribution is 2.26. The number of hydrogen-bond acceptors (Lipinski definition) is 3. The minimum absolute atomic E-state index is 0.127. The zero-order chi connectivity index (χ0) is 11.9. The average Bonchev–Trinajstić information content (AvgIpc) is 2.59. The first-order chi connectivity index (χ1) is 7.41. The van der Waals surface area contributed by atoms with Gasteiger partial charge in [-0.25, -0.2) is 0 Å². The predicted molar refractivity (Wildman–Crippen MR) is 65.1 cm³/mol. The number of nitro groups is 1. The second kappa shape index (κ2) is 3.41. The maximum atomic E-state index is 10.9. The van der Waals surface area contributed by atoms with E-state index in [1.165, 1.54) is 6.07 Å². The van der Waals surface area contributed by atoms with E-state index < -0.39 is 8.24 Å². The molecule has 16 heavy (non-hydrogen) atoms. The number of benzene rings is 1. The molecular weight excluding hydrogens is 222 g/mol. The van der Waals surface area contributed by atoms with Crippen molar-refractivity contribution in [2.75, 3.05) is 0 Å². The number of non-ortho nitro benzene ring substituents is 1. The molecule has 1 aromatic carbocycles. The van der Waals surface area contributed by atoms with E-state index in [1.54, 1.807) is 12.3 Å². The van der Waals surface area contributed by atoms with Crippen molar-refractivity contribution in [2.24, 2.45) is 0 Å². The Morgan fingerprint density at radius 2 is 2.06 bits per heavy atom. The van der Waals surface area contributed by atoms with Gasteiger partial charge in [0.15, 0.2) is 8.24 Å². The van der Waals surface area contributed by atoms with Crippen LogP contribution >= 0.6 is 0 Å². The van der Waals surface area contributed by atoms with Crippen molar-refractivity contribution >= 4 is 24.8 Å². The first-order valence-electron chi connectivity index (χ1n) is 5.03. The van der Waals surface area contributed by atoms with E-state index >= 15 is 0 Å². The maximum Gasteiger partial charge on any atom is 0.280 e. The molecule has 0 aliphatic carbocycles. The van der Waals surface area contributed by atoms with Gasteiger partial charge in [0.1, 0.15) is 0 Å². The smallest absolute Gasteiger partial charge is 0.280 e. The maximum absolute atomic E-state index is 10.9. The highest BCUT2D eigenvalue weighted by atomic mass is 28.3. The highest BCUT2D eigenvalue weighted by molar-refractivity contribution is 6.75. The predicted octanol–water partition coefficient (Wildman–Crippen LogP) is 2.63. The van der Waals surface area contributed by atoms with E-state index in [1.807, 2.05) is 10.4 Å². The Morgan fingerprint density at radius 3 is 2.62 bits per heavy atom. The number of hydrogen-bond donors (Lipinski definition) is 0. The Hall–Kier alpha value is -1.69. The van der Waals surface area contributed by atoms with Crippen molar-refractivity contribution in [1.82, 2.24) is 9.45 Å². The molecule has 0 saturated heterocycles. The monoisotopic (exact) mass is 235 g/mol. The summed E-state index contributed by atoms with van der Waals surface area (Å²) in [5.41, 5.74) is 0.982. The third-order valence-electron chi connectivity index (χ3n) is 2.42. The van der Waals surface area contributed by atoms with Crippen LogP contribution in [0.15, 0.2) is 24.4 Å². The van der Waals surface area contributed by atoms with Crippen molar-refractivity contribution in [2.45, 2.75) is 19.6 Å². The lowest BCUT2D eigenvalue weighted by molar-refractivity contribution is -0.383. The molecule has 0 atom stereocenters. The molecule has 0 spiro atoms. The van der Waals surface area contributed by atoms with E-state index in [0.29, 0.717) is 5.39 Å². The van der Waals surface area contributed by atoms with E-state index in [-0.39, 0.29) is 10.6 Å². The van der Waals surface area contributed by atoms with Crippen molar-refractivity contribution in [3.05, 3.63) is 34.5 Å². The van der Waals surface area contributed by atoms with E-state index in [4.69, 9.17) is 0 Å². The summed E-state index contributed by atoms with van der Waals surface area (Å²) in [6.45, 7) is 6.45. The molecule has 0 aliphatic rings. The fourth-order valence-electron chi connectivity index (χ4n) is 1.73. The summed E-state index contributed by atoms with van der Waals surface area (Å²) >= 11 is 0. The molecule has 0 bridgehead atoms. The summed E-state index contributed by atoms with van der Waals surface area (Å²) < 4.78 is 1.94. The molecule has 1 aromatic heterocycles. The van der Waals surface area contributed by atoms with Crippen LogP contribution in [0.3, 0.4) is 0 Å². The van der Waals surface area contributed by atoms with Gasteiger partial charge in [0, 0.05) is 6.07 Å². The largest absolute Gasteiger partial charge is 0.294 e. The lowest BCUT2D eigenvalue weighted by Gasteiger charge is -2.17. The van der Waals surface area contributed by atoms with Gasteiger partial charge < -0.3 is 0 Å². The molecule has 0 amide bonds. The number of aromatic nitrogens is 2. The molecule has 0 radical (unpaired) electrons. The normalized spacial score (nSPS) is 11.9. The summed E-state index contributed by atoms with van der Waals surface area (Å²) in [5.74, 6) is 0. The van der Waals surface area contributed by atoms with Gasteiger partial charge in [0.2, 0.25) is 0 Å². The third kappa shape index (κ3) is 1.61. The standard InChI is InChI=1S/C10H13N3O2Si/c1-16(2,3)12-9-5-4-6-10(13(14)15)8(9)7-11-12/h4-7H,1-3H3. The van der Waals surface area contributed by atoms with Gasteiger partial charge in [0.25, 0.3) is 5.69 Å². The summed E-state index contributed by atoms with van der Waals surface area (Å²) in [4.78, 5) is 10.5. The third-order valence-corrected chi connectivity index (χ3v) is 4.05. The van der Waals surface area contributed by atoms with Crippen molar-refractivity contribution < 1.29 is 4.92 Å². The van der Waals surface area contributed by atoms with Crippen LogP contribution in [0.25, 0.3) is 10.9 Å². The zero-order valence-corrected chi connectivity index (χ0v) is 10.5. The fraction of sp³-hybridized carbons (Fsp3) is 0.300. The van der Waals surface area contributed by atoms with Crippen LogP contribution in [0, 0.1) is 10.1 Å². The minimum atomic E-state index is -1.62. The Morgan fingerprint density at radius 1 is 1.38 bits per heavy atom. The Kier molecular flexibility index (Phi) is 2.31. The number of rotatable bonds is 2. The molecule has 0 N–H and O–H groups in total. The van der Waals surface area contributed by atoms with Crippen LogP contribution in [-0.2, 0) is 0 Å². The minimum Gasteiger partial charge on any atom is -0.294 e. The van der Waals surface area contributed by atoms with Crippen molar-refractivity contribution in [1.29, 1.82) is 0 Å². The summed E-state index contributed by atoms with van der Waals surface area (Å²) in [6.07, 6.45) is 1.59. The molecule has 2 rings (SSSR count). The topological polar surface area (TPSA) is 61.0 Å². The van der Waals surface area contributed by atoms with E-state index in [9.17, 15) is 10.1 Å². The van der Waals surface area contributed by atoms with Crippen molar-refractivity contribution in [3.8, 4) is 0 Å². The molecule has 0 saturated carbocycles. The zero-order valence-electron chi connectivity index (χ0n) is 9.47. The quantitative estimate of drug-likeness (QED) is 0.456. The van der Waals surface area contributed by atoms with Gasteiger partial charge in [-0.2, -0.15) is 5.10 Å². The second-order valence-corrected chi connectivity index (χ2v) is 9.46. The van der Waals surface area contributed by atoms with Crippen LogP contribution in [0.4, 0.5) is 5.69 Å². The number of nitrogens with zero attached hydrogens (tertiary/aromatic N) is 3. The average molecular weight is 235 g/mol. The molecule has 0 fully saturated rings. The number of fused-ring (bicyclic) bond motifs is 1. The number of nitro benzene ring substituents is 1. The van der Waals surface area contributed by atoms with Crippen LogP contribution in [-0.4, -0.2) is 22.6 Å². The van der Waals surface area contributed by atoms with E-state index in [2.05, 4.69) is 24.7 Å². The van der Waals surface area contributed by atoms with Gasteiger partial charge in [0.05, 0.1) is 22.0 Å². The molecule has 2 aromatic rings. The molecule has 5 nitrogen and oxygen atoms in total. The van der Waals surface area contributed by atoms with E-state index in [0.717, 1.165) is 5.52 Å². The van der Waals surface area contributed by atoms with Gasteiger partial charge in [-0.15, -0.1) is 0 Å². The molecule has 0 unspecified atom stereocenters.